The van der Waals surface area contributed by atoms with Gasteiger partial charge in [-0.25, -0.2) is 9.97 Å². The number of aryl methyl sites for hydroxylation is 1. The third kappa shape index (κ3) is 5.65. The van der Waals surface area contributed by atoms with Crippen molar-refractivity contribution in [2.24, 2.45) is 4.99 Å². The van der Waals surface area contributed by atoms with Gasteiger partial charge < -0.3 is 15.1 Å². The first-order chi connectivity index (χ1) is 13.3. The zero-order valence-electron chi connectivity index (χ0n) is 15.7. The highest BCUT2D eigenvalue weighted by Gasteiger charge is 2.08. The van der Waals surface area contributed by atoms with Crippen LogP contribution in [0.15, 0.2) is 34.0 Å². The molecule has 0 radical (unpaired) electrons. The summed E-state index contributed by atoms with van der Waals surface area (Å²) in [4.78, 5) is 14.8. The molecule has 27 heavy (non-hydrogen) atoms. The summed E-state index contributed by atoms with van der Waals surface area (Å²) < 4.78 is 5.30. The van der Waals surface area contributed by atoms with Gasteiger partial charge in [-0.1, -0.05) is 6.92 Å². The van der Waals surface area contributed by atoms with E-state index in [4.69, 9.17) is 4.42 Å². The van der Waals surface area contributed by atoms with Gasteiger partial charge in [0, 0.05) is 43.5 Å². The Morgan fingerprint density at radius 2 is 2.22 bits per heavy atom. The average molecular weight is 388 g/mol. The summed E-state index contributed by atoms with van der Waals surface area (Å²) in [6.45, 7) is 6.42. The minimum absolute atomic E-state index is 0.575. The second-order valence-corrected chi connectivity index (χ2v) is 7.04. The molecule has 0 saturated carbocycles. The number of aromatic amines is 1. The number of hydrogen-bond donors (Lipinski definition) is 3. The van der Waals surface area contributed by atoms with Crippen LogP contribution in [0.1, 0.15) is 29.6 Å². The van der Waals surface area contributed by atoms with Gasteiger partial charge in [-0.3, -0.25) is 10.1 Å². The van der Waals surface area contributed by atoms with Crippen molar-refractivity contribution in [2.75, 3.05) is 19.6 Å². The number of furan rings is 1. The lowest BCUT2D eigenvalue weighted by molar-refractivity contribution is 0.577. The predicted octanol–water partition coefficient (Wildman–Crippen LogP) is 2.42. The fourth-order valence-corrected chi connectivity index (χ4v) is 3.31. The summed E-state index contributed by atoms with van der Waals surface area (Å²) in [6, 6.07) is 3.66. The van der Waals surface area contributed by atoms with Crippen LogP contribution in [0.25, 0.3) is 11.6 Å². The maximum Gasteiger partial charge on any atom is 0.216 e. The van der Waals surface area contributed by atoms with Crippen LogP contribution in [0.4, 0.5) is 0 Å². The highest BCUT2D eigenvalue weighted by atomic mass is 32.1. The van der Waals surface area contributed by atoms with E-state index in [1.165, 1.54) is 4.88 Å². The number of aliphatic imine (C=N–C) groups is 1. The van der Waals surface area contributed by atoms with Gasteiger partial charge in [0.05, 0.1) is 11.3 Å². The Balaban J connectivity index is 1.46. The Kier molecular flexibility index (Phi) is 6.97. The summed E-state index contributed by atoms with van der Waals surface area (Å²) in [7, 11) is 0. The zero-order valence-corrected chi connectivity index (χ0v) is 16.5. The van der Waals surface area contributed by atoms with E-state index in [1.54, 1.807) is 17.6 Å². The topological polar surface area (TPSA) is 104 Å². The van der Waals surface area contributed by atoms with E-state index in [-0.39, 0.29) is 0 Å². The third-order valence-electron chi connectivity index (χ3n) is 3.82. The second kappa shape index (κ2) is 9.86. The first kappa shape index (κ1) is 19.1. The van der Waals surface area contributed by atoms with Crippen LogP contribution in [-0.2, 0) is 19.3 Å². The summed E-state index contributed by atoms with van der Waals surface area (Å²) in [6.07, 6.45) is 6.18. The Bertz CT molecular complexity index is 838. The largest absolute Gasteiger partial charge is 0.461 e. The van der Waals surface area contributed by atoms with E-state index in [9.17, 15) is 0 Å². The maximum atomic E-state index is 5.30. The molecule has 0 unspecified atom stereocenters. The molecule has 0 aliphatic heterocycles. The predicted molar refractivity (Wildman–Crippen MR) is 107 cm³/mol. The van der Waals surface area contributed by atoms with Crippen molar-refractivity contribution >= 4 is 17.3 Å². The summed E-state index contributed by atoms with van der Waals surface area (Å²) >= 11 is 1.77. The summed E-state index contributed by atoms with van der Waals surface area (Å²) in [5.41, 5.74) is 0. The van der Waals surface area contributed by atoms with E-state index >= 15 is 0 Å². The first-order valence-electron chi connectivity index (χ1n) is 9.19. The van der Waals surface area contributed by atoms with Crippen molar-refractivity contribution in [3.8, 4) is 11.6 Å². The monoisotopic (exact) mass is 387 g/mol. The number of H-pyrrole nitrogens is 1. The standard InChI is InChI=1S/C18H25N7OS/c1-3-13-12-22-16(27-13)8-10-21-18(19-4-2)20-9-7-15-23-17(25-24-15)14-6-5-11-26-14/h5-6,11-12H,3-4,7-10H2,1-2H3,(H2,19,20,21)(H,23,24,25). The maximum absolute atomic E-state index is 5.30. The highest BCUT2D eigenvalue weighted by Crippen LogP contribution is 2.14. The van der Waals surface area contributed by atoms with Gasteiger partial charge in [0.2, 0.25) is 5.82 Å². The summed E-state index contributed by atoms with van der Waals surface area (Å²) in [5, 5.41) is 14.8. The smallest absolute Gasteiger partial charge is 0.216 e. The number of thiazole rings is 1. The Labute approximate surface area is 162 Å². The number of rotatable bonds is 9. The van der Waals surface area contributed by atoms with Gasteiger partial charge in [0.25, 0.3) is 0 Å². The molecule has 0 aliphatic rings. The van der Waals surface area contributed by atoms with E-state index in [0.29, 0.717) is 31.1 Å². The fourth-order valence-electron chi connectivity index (χ4n) is 2.45. The molecule has 0 aliphatic carbocycles. The minimum Gasteiger partial charge on any atom is -0.461 e. The second-order valence-electron chi connectivity index (χ2n) is 5.84. The van der Waals surface area contributed by atoms with Crippen LogP contribution in [0.3, 0.4) is 0 Å². The average Bonchev–Trinajstić information content (AvgIpc) is 3.43. The lowest BCUT2D eigenvalue weighted by atomic mass is 10.4. The molecule has 0 aromatic carbocycles. The van der Waals surface area contributed by atoms with Gasteiger partial charge >= 0.3 is 0 Å². The molecule has 0 saturated heterocycles. The molecule has 3 rings (SSSR count). The van der Waals surface area contributed by atoms with Gasteiger partial charge in [-0.05, 0) is 25.5 Å². The number of nitrogens with zero attached hydrogens (tertiary/aromatic N) is 4. The van der Waals surface area contributed by atoms with E-state index in [1.807, 2.05) is 18.3 Å². The van der Waals surface area contributed by atoms with Gasteiger partial charge in [-0.2, -0.15) is 5.10 Å². The molecule has 0 bridgehead atoms. The molecule has 3 aromatic rings. The minimum atomic E-state index is 0.575. The van der Waals surface area contributed by atoms with Gasteiger partial charge in [0.1, 0.15) is 5.82 Å². The normalized spacial score (nSPS) is 11.7. The molecule has 0 fully saturated rings. The first-order valence-corrected chi connectivity index (χ1v) is 10.0. The van der Waals surface area contributed by atoms with E-state index in [0.717, 1.165) is 36.2 Å². The molecule has 9 heteroatoms. The Hall–Kier alpha value is -2.68. The zero-order chi connectivity index (χ0) is 18.9. The molecular formula is C18H25N7OS. The van der Waals surface area contributed by atoms with Crippen LogP contribution >= 0.6 is 11.3 Å². The Morgan fingerprint density at radius 1 is 1.30 bits per heavy atom. The summed E-state index contributed by atoms with van der Waals surface area (Å²) in [5.74, 6) is 2.84. The molecule has 0 spiro atoms. The molecule has 0 amide bonds. The van der Waals surface area contributed by atoms with Crippen LogP contribution in [0.5, 0.6) is 0 Å². The van der Waals surface area contributed by atoms with Crippen LogP contribution in [-0.4, -0.2) is 45.8 Å². The van der Waals surface area contributed by atoms with Crippen molar-refractivity contribution in [3.63, 3.8) is 0 Å². The highest BCUT2D eigenvalue weighted by molar-refractivity contribution is 7.11. The number of aromatic nitrogens is 4. The quantitative estimate of drug-likeness (QED) is 0.385. The molecule has 8 nitrogen and oxygen atoms in total. The van der Waals surface area contributed by atoms with E-state index in [2.05, 4.69) is 49.6 Å². The van der Waals surface area contributed by atoms with Crippen molar-refractivity contribution < 1.29 is 4.42 Å². The number of hydrogen-bond acceptors (Lipinski definition) is 6. The van der Waals surface area contributed by atoms with E-state index < -0.39 is 0 Å². The van der Waals surface area contributed by atoms with Crippen LogP contribution in [0, 0.1) is 0 Å². The third-order valence-corrected chi connectivity index (χ3v) is 5.02. The fraction of sp³-hybridized carbons (Fsp3) is 0.444. The lowest BCUT2D eigenvalue weighted by Crippen LogP contribution is -2.38. The van der Waals surface area contributed by atoms with Gasteiger partial charge in [0.15, 0.2) is 11.7 Å². The Morgan fingerprint density at radius 3 is 2.96 bits per heavy atom. The molecular weight excluding hydrogens is 362 g/mol. The lowest BCUT2D eigenvalue weighted by Gasteiger charge is -2.10. The van der Waals surface area contributed by atoms with Crippen molar-refractivity contribution in [3.05, 3.63) is 40.3 Å². The molecule has 3 N–H and O–H groups in total. The molecule has 144 valence electrons. The molecule has 3 aromatic heterocycles. The number of guanidine groups is 1. The van der Waals surface area contributed by atoms with Crippen molar-refractivity contribution in [1.82, 2.24) is 30.8 Å². The molecule has 0 atom stereocenters. The van der Waals surface area contributed by atoms with Crippen LogP contribution < -0.4 is 10.6 Å². The van der Waals surface area contributed by atoms with Gasteiger partial charge in [-0.15, -0.1) is 11.3 Å². The SMILES string of the molecule is CCNC(=NCCc1ncc(CC)s1)NCCc1nc(-c2ccco2)n[nH]1. The van der Waals surface area contributed by atoms with Crippen LogP contribution in [0.2, 0.25) is 0 Å². The number of nitrogens with one attached hydrogen (secondary N) is 3. The van der Waals surface area contributed by atoms with Crippen molar-refractivity contribution in [1.29, 1.82) is 0 Å². The van der Waals surface area contributed by atoms with Crippen molar-refractivity contribution in [2.45, 2.75) is 33.1 Å². The molecule has 3 heterocycles.